The van der Waals surface area contributed by atoms with E-state index in [9.17, 15) is 4.79 Å². The smallest absolute Gasteiger partial charge is 0.226 e. The molecule has 2 saturated carbocycles. The topological polar surface area (TPSA) is 61.9 Å². The van der Waals surface area contributed by atoms with Crippen molar-refractivity contribution in [1.29, 1.82) is 0 Å². The highest BCUT2D eigenvalue weighted by Gasteiger charge is 2.45. The van der Waals surface area contributed by atoms with Crippen LogP contribution in [-0.4, -0.2) is 32.5 Å². The number of likely N-dealkylation sites (tertiary alicyclic amines) is 1. The first kappa shape index (κ1) is 22.8. The van der Waals surface area contributed by atoms with Crippen LogP contribution in [0.4, 0.5) is 0 Å². The van der Waals surface area contributed by atoms with E-state index in [0.29, 0.717) is 11.8 Å². The van der Waals surface area contributed by atoms with Crippen molar-refractivity contribution < 1.29 is 4.79 Å². The highest BCUT2D eigenvalue weighted by molar-refractivity contribution is 5.80. The van der Waals surface area contributed by atoms with Crippen molar-refractivity contribution in [3.05, 3.63) is 11.6 Å². The quantitative estimate of drug-likeness (QED) is 0.589. The Hall–Kier alpha value is -1.39. The van der Waals surface area contributed by atoms with Crippen molar-refractivity contribution in [2.24, 2.45) is 5.92 Å². The second kappa shape index (κ2) is 11.0. The third-order valence-corrected chi connectivity index (χ3v) is 8.34. The largest absolute Gasteiger partial charge is 0.330 e. The third kappa shape index (κ3) is 5.51. The molecule has 1 unspecified atom stereocenters. The Morgan fingerprint density at radius 2 is 1.39 bits per heavy atom. The lowest BCUT2D eigenvalue weighted by Gasteiger charge is -2.35. The summed E-state index contributed by atoms with van der Waals surface area (Å²) in [5.74, 6) is 3.00. The molecular weight excluding hydrogens is 384 g/mol. The lowest BCUT2D eigenvalue weighted by atomic mass is 9.92. The van der Waals surface area contributed by atoms with Gasteiger partial charge < -0.3 is 4.90 Å². The molecule has 1 amide bonds. The molecule has 0 radical (unpaired) electrons. The molecule has 5 heteroatoms. The number of rotatable bonds is 3. The first-order chi connectivity index (χ1) is 15.2. The summed E-state index contributed by atoms with van der Waals surface area (Å²) in [5.41, 5.74) is -0.344. The number of hydrogen-bond acceptors (Lipinski definition) is 3. The molecule has 1 N–H and O–H groups in total. The van der Waals surface area contributed by atoms with E-state index in [2.05, 4.69) is 16.9 Å². The van der Waals surface area contributed by atoms with Gasteiger partial charge in [-0.1, -0.05) is 77.0 Å². The molecule has 4 rings (SSSR count). The molecule has 2 heterocycles. The summed E-state index contributed by atoms with van der Waals surface area (Å²) in [6.07, 6.45) is 22.3. The average molecular weight is 429 g/mol. The molecule has 3 fully saturated rings. The molecule has 1 saturated heterocycles. The summed E-state index contributed by atoms with van der Waals surface area (Å²) in [6.45, 7) is 3.07. The third-order valence-electron chi connectivity index (χ3n) is 8.34. The maximum atomic E-state index is 13.7. The number of carbonyl (C=O) groups is 1. The van der Waals surface area contributed by atoms with Gasteiger partial charge in [0.05, 0.1) is 0 Å². The van der Waals surface area contributed by atoms with Crippen LogP contribution < -0.4 is 0 Å². The van der Waals surface area contributed by atoms with E-state index in [1.807, 2.05) is 0 Å². The second-order valence-corrected chi connectivity index (χ2v) is 10.7. The van der Waals surface area contributed by atoms with Gasteiger partial charge in [0.2, 0.25) is 5.91 Å². The van der Waals surface area contributed by atoms with Crippen LogP contribution in [-0.2, 0) is 10.3 Å². The Morgan fingerprint density at radius 1 is 0.839 bits per heavy atom. The van der Waals surface area contributed by atoms with E-state index in [-0.39, 0.29) is 11.5 Å². The number of nitrogens with one attached hydrogen (secondary N) is 1. The molecule has 3 aliphatic rings. The van der Waals surface area contributed by atoms with E-state index < -0.39 is 0 Å². The molecule has 1 aromatic rings. The fraction of sp³-hybridized carbons (Fsp3) is 0.885. The number of amides is 1. The average Bonchev–Trinajstić information content (AvgIpc) is 3.44. The molecule has 2 aliphatic carbocycles. The van der Waals surface area contributed by atoms with Crippen molar-refractivity contribution in [2.75, 3.05) is 6.54 Å². The number of carbonyl (C=O) groups excluding carboxylic acids is 1. The molecule has 1 atom stereocenters. The van der Waals surface area contributed by atoms with Gasteiger partial charge in [0.15, 0.2) is 5.82 Å². The van der Waals surface area contributed by atoms with Gasteiger partial charge in [0, 0.05) is 18.4 Å². The van der Waals surface area contributed by atoms with Crippen molar-refractivity contribution in [3.8, 4) is 0 Å². The zero-order valence-corrected chi connectivity index (χ0v) is 19.8. The minimum absolute atomic E-state index is 0.197. The van der Waals surface area contributed by atoms with Gasteiger partial charge >= 0.3 is 0 Å². The summed E-state index contributed by atoms with van der Waals surface area (Å²) >= 11 is 0. The van der Waals surface area contributed by atoms with Gasteiger partial charge in [0.1, 0.15) is 11.4 Å². The summed E-state index contributed by atoms with van der Waals surface area (Å²) in [6, 6.07) is 0. The van der Waals surface area contributed by atoms with Crippen molar-refractivity contribution in [2.45, 2.75) is 134 Å². The zero-order valence-electron chi connectivity index (χ0n) is 19.8. The van der Waals surface area contributed by atoms with Gasteiger partial charge in [-0.25, -0.2) is 4.98 Å². The molecule has 1 aliphatic heterocycles. The SMILES string of the molecule is CC1(c2n[nH]c(C3CCCCCCCC3)n2)CCCN1C(=O)C1CCCCCCCC1. The highest BCUT2D eigenvalue weighted by Crippen LogP contribution is 2.40. The summed E-state index contributed by atoms with van der Waals surface area (Å²) in [5, 5.41) is 8.03. The van der Waals surface area contributed by atoms with Crippen molar-refractivity contribution in [3.63, 3.8) is 0 Å². The van der Waals surface area contributed by atoms with E-state index in [1.54, 1.807) is 0 Å². The zero-order chi connectivity index (χ0) is 21.5. The molecule has 5 nitrogen and oxygen atoms in total. The van der Waals surface area contributed by atoms with Crippen molar-refractivity contribution in [1.82, 2.24) is 20.1 Å². The summed E-state index contributed by atoms with van der Waals surface area (Å²) in [7, 11) is 0. The number of aromatic amines is 1. The summed E-state index contributed by atoms with van der Waals surface area (Å²) < 4.78 is 0. The lowest BCUT2D eigenvalue weighted by molar-refractivity contribution is -0.140. The Bertz CT molecular complexity index is 681. The van der Waals surface area contributed by atoms with Crippen LogP contribution in [0.2, 0.25) is 0 Å². The number of aromatic nitrogens is 3. The minimum atomic E-state index is -0.344. The molecule has 0 spiro atoms. The molecule has 0 aromatic carbocycles. The van der Waals surface area contributed by atoms with Gasteiger partial charge in [-0.2, -0.15) is 5.10 Å². The van der Waals surface area contributed by atoms with E-state index in [4.69, 9.17) is 10.1 Å². The lowest BCUT2D eigenvalue weighted by Crippen LogP contribution is -2.46. The maximum Gasteiger partial charge on any atom is 0.226 e. The van der Waals surface area contributed by atoms with Crippen LogP contribution in [0.25, 0.3) is 0 Å². The first-order valence-corrected chi connectivity index (χ1v) is 13.4. The highest BCUT2D eigenvalue weighted by atomic mass is 16.2. The Morgan fingerprint density at radius 3 is 2.00 bits per heavy atom. The van der Waals surface area contributed by atoms with E-state index in [0.717, 1.165) is 43.9 Å². The fourth-order valence-corrected chi connectivity index (χ4v) is 6.25. The van der Waals surface area contributed by atoms with Crippen LogP contribution in [0.15, 0.2) is 0 Å². The van der Waals surface area contributed by atoms with Crippen LogP contribution in [0.5, 0.6) is 0 Å². The van der Waals surface area contributed by atoms with Gasteiger partial charge in [-0.05, 0) is 45.4 Å². The molecule has 174 valence electrons. The molecule has 31 heavy (non-hydrogen) atoms. The van der Waals surface area contributed by atoms with Crippen LogP contribution >= 0.6 is 0 Å². The van der Waals surface area contributed by atoms with E-state index in [1.165, 1.54) is 89.9 Å². The second-order valence-electron chi connectivity index (χ2n) is 10.7. The van der Waals surface area contributed by atoms with Gasteiger partial charge in [0.25, 0.3) is 0 Å². The predicted octanol–water partition coefficient (Wildman–Crippen LogP) is 6.61. The monoisotopic (exact) mass is 428 g/mol. The molecule has 0 bridgehead atoms. The number of nitrogens with zero attached hydrogens (tertiary/aromatic N) is 3. The Balaban J connectivity index is 1.47. The van der Waals surface area contributed by atoms with Crippen LogP contribution in [0.1, 0.15) is 140 Å². The number of hydrogen-bond donors (Lipinski definition) is 1. The van der Waals surface area contributed by atoms with Crippen LogP contribution in [0, 0.1) is 5.92 Å². The van der Waals surface area contributed by atoms with Gasteiger partial charge in [-0.3, -0.25) is 9.89 Å². The Labute approximate surface area is 189 Å². The predicted molar refractivity (Wildman–Crippen MR) is 125 cm³/mol. The summed E-state index contributed by atoms with van der Waals surface area (Å²) in [4.78, 5) is 20.9. The standard InChI is InChI=1S/C26H44N4O/c1-26(25-27-23(28-29-25)21-15-10-6-2-3-7-11-16-21)19-14-20-30(26)24(31)22-17-12-8-4-5-9-13-18-22/h21-22H,2-20H2,1H3,(H,27,28,29). The normalized spacial score (nSPS) is 28.2. The maximum absolute atomic E-state index is 13.7. The van der Waals surface area contributed by atoms with E-state index >= 15 is 0 Å². The molecule has 1 aromatic heterocycles. The van der Waals surface area contributed by atoms with Crippen LogP contribution in [0.3, 0.4) is 0 Å². The van der Waals surface area contributed by atoms with Gasteiger partial charge in [-0.15, -0.1) is 0 Å². The molecular formula is C26H44N4O. The van der Waals surface area contributed by atoms with Crippen molar-refractivity contribution >= 4 is 5.91 Å². The minimum Gasteiger partial charge on any atom is -0.330 e. The fourth-order valence-electron chi connectivity index (χ4n) is 6.25. The first-order valence-electron chi connectivity index (χ1n) is 13.4. The number of H-pyrrole nitrogens is 1. The Kier molecular flexibility index (Phi) is 8.06.